The predicted molar refractivity (Wildman–Crippen MR) is 142 cm³/mol. The molecule has 0 saturated carbocycles. The third-order valence-electron chi connectivity index (χ3n) is 5.95. The lowest BCUT2D eigenvalue weighted by Gasteiger charge is -2.23. The fraction of sp³-hybridized carbons (Fsp3) is 0.207. The Bertz CT molecular complexity index is 1410. The molecule has 1 aromatic heterocycles. The van der Waals surface area contributed by atoms with E-state index in [1.54, 1.807) is 0 Å². The van der Waals surface area contributed by atoms with Crippen molar-refractivity contribution in [1.82, 2.24) is 9.97 Å². The Morgan fingerprint density at radius 3 is 2.43 bits per heavy atom. The zero-order chi connectivity index (χ0) is 24.5. The maximum atomic E-state index is 12.8. The van der Waals surface area contributed by atoms with E-state index in [1.165, 1.54) is 17.3 Å². The van der Waals surface area contributed by atoms with Crippen molar-refractivity contribution in [1.29, 1.82) is 0 Å². The normalized spacial score (nSPS) is 11.9. The summed E-state index contributed by atoms with van der Waals surface area (Å²) in [7, 11) is 0. The van der Waals surface area contributed by atoms with Crippen LogP contribution >= 0.6 is 11.8 Å². The molecule has 4 aromatic rings. The molecule has 6 heteroatoms. The Kier molecular flexibility index (Phi) is 6.31. The van der Waals surface area contributed by atoms with Crippen molar-refractivity contribution in [3.63, 3.8) is 0 Å². The number of carbonyl (C=O) groups excluding carboxylic acids is 1. The SMILES string of the molecule is Cc1ccc(-c2nc3c(c(SCC(=O)Nc4cc(C)cc(C)c4)n2)Cc2cccc(C)c2O3)cc1. The van der Waals surface area contributed by atoms with Gasteiger partial charge in [-0.25, -0.2) is 4.98 Å². The summed E-state index contributed by atoms with van der Waals surface area (Å²) in [4.78, 5) is 22.5. The van der Waals surface area contributed by atoms with Crippen LogP contribution in [0.5, 0.6) is 11.6 Å². The number of hydrogen-bond acceptors (Lipinski definition) is 5. The third-order valence-corrected chi connectivity index (χ3v) is 6.96. The van der Waals surface area contributed by atoms with Crippen molar-refractivity contribution >= 4 is 23.4 Å². The van der Waals surface area contributed by atoms with Crippen LogP contribution in [0.2, 0.25) is 0 Å². The first kappa shape index (κ1) is 23.1. The fourth-order valence-electron chi connectivity index (χ4n) is 4.29. The van der Waals surface area contributed by atoms with Crippen LogP contribution in [0, 0.1) is 27.7 Å². The van der Waals surface area contributed by atoms with Gasteiger partial charge >= 0.3 is 0 Å². The molecule has 1 amide bonds. The second-order valence-corrected chi connectivity index (χ2v) is 10.0. The number of fused-ring (bicyclic) bond motifs is 2. The smallest absolute Gasteiger partial charge is 0.234 e. The number of hydrogen-bond donors (Lipinski definition) is 1. The van der Waals surface area contributed by atoms with Crippen molar-refractivity contribution in [3.8, 4) is 23.0 Å². The molecule has 0 saturated heterocycles. The molecule has 1 aliphatic heterocycles. The number of anilines is 1. The number of para-hydroxylation sites is 1. The zero-order valence-electron chi connectivity index (χ0n) is 20.3. The van der Waals surface area contributed by atoms with E-state index in [0.717, 1.165) is 49.8 Å². The Morgan fingerprint density at radius 1 is 0.943 bits per heavy atom. The molecule has 0 bridgehead atoms. The van der Waals surface area contributed by atoms with E-state index in [9.17, 15) is 4.79 Å². The number of aryl methyl sites for hydroxylation is 4. The Balaban J connectivity index is 1.45. The highest BCUT2D eigenvalue weighted by Crippen LogP contribution is 2.41. The van der Waals surface area contributed by atoms with Gasteiger partial charge in [-0.1, -0.05) is 65.9 Å². The molecule has 5 nitrogen and oxygen atoms in total. The Morgan fingerprint density at radius 2 is 1.69 bits per heavy atom. The molecule has 0 unspecified atom stereocenters. The molecule has 0 aliphatic carbocycles. The van der Waals surface area contributed by atoms with E-state index in [1.807, 2.05) is 69.3 Å². The molecule has 1 aliphatic rings. The van der Waals surface area contributed by atoms with E-state index in [4.69, 9.17) is 14.7 Å². The van der Waals surface area contributed by atoms with Gasteiger partial charge in [0.25, 0.3) is 0 Å². The van der Waals surface area contributed by atoms with Gasteiger partial charge in [-0.3, -0.25) is 4.79 Å². The minimum Gasteiger partial charge on any atom is -0.438 e. The molecule has 0 fully saturated rings. The molecule has 0 atom stereocenters. The summed E-state index contributed by atoms with van der Waals surface area (Å²) in [6, 6.07) is 20.3. The number of rotatable bonds is 5. The van der Waals surface area contributed by atoms with Gasteiger partial charge in [-0.05, 0) is 62.1 Å². The van der Waals surface area contributed by atoms with E-state index in [-0.39, 0.29) is 11.7 Å². The monoisotopic (exact) mass is 481 g/mol. The largest absolute Gasteiger partial charge is 0.438 e. The number of thioether (sulfide) groups is 1. The summed E-state index contributed by atoms with van der Waals surface area (Å²) in [5.74, 6) is 2.19. The summed E-state index contributed by atoms with van der Waals surface area (Å²) < 4.78 is 6.30. The van der Waals surface area contributed by atoms with Gasteiger partial charge in [-0.15, -0.1) is 0 Å². The van der Waals surface area contributed by atoms with Crippen LogP contribution in [-0.2, 0) is 11.2 Å². The number of amides is 1. The van der Waals surface area contributed by atoms with Crippen molar-refractivity contribution in [2.45, 2.75) is 39.1 Å². The van der Waals surface area contributed by atoms with Gasteiger partial charge in [0.05, 0.1) is 11.3 Å². The zero-order valence-corrected chi connectivity index (χ0v) is 21.1. The van der Waals surface area contributed by atoms with Crippen molar-refractivity contribution < 1.29 is 9.53 Å². The molecule has 3 aromatic carbocycles. The van der Waals surface area contributed by atoms with Gasteiger partial charge in [0.1, 0.15) is 10.8 Å². The van der Waals surface area contributed by atoms with Gasteiger partial charge in [0, 0.05) is 17.7 Å². The number of benzene rings is 3. The number of carbonyl (C=O) groups is 1. The van der Waals surface area contributed by atoms with Crippen LogP contribution in [-0.4, -0.2) is 21.6 Å². The van der Waals surface area contributed by atoms with E-state index >= 15 is 0 Å². The topological polar surface area (TPSA) is 64.1 Å². The lowest BCUT2D eigenvalue weighted by Crippen LogP contribution is -2.15. The van der Waals surface area contributed by atoms with Crippen LogP contribution < -0.4 is 10.1 Å². The molecule has 2 heterocycles. The van der Waals surface area contributed by atoms with Crippen LogP contribution in [0.4, 0.5) is 5.69 Å². The Hall–Kier alpha value is -3.64. The highest BCUT2D eigenvalue weighted by Gasteiger charge is 2.25. The molecule has 1 N–H and O–H groups in total. The average Bonchev–Trinajstić information content (AvgIpc) is 2.81. The summed E-state index contributed by atoms with van der Waals surface area (Å²) in [6.45, 7) is 8.14. The van der Waals surface area contributed by atoms with Gasteiger partial charge in [0.15, 0.2) is 5.82 Å². The first-order valence-electron chi connectivity index (χ1n) is 11.6. The molecule has 0 radical (unpaired) electrons. The predicted octanol–water partition coefficient (Wildman–Crippen LogP) is 6.80. The minimum atomic E-state index is -0.0720. The quantitative estimate of drug-likeness (QED) is 0.221. The van der Waals surface area contributed by atoms with Crippen LogP contribution in [0.25, 0.3) is 11.4 Å². The molecule has 176 valence electrons. The number of aromatic nitrogens is 2. The average molecular weight is 482 g/mol. The number of ether oxygens (including phenoxy) is 1. The standard InChI is InChI=1S/C29H27N3O2S/c1-17-8-10-21(11-9-17)27-31-28-24(15-22-7-5-6-20(4)26(22)34-28)29(32-27)35-16-25(33)30-23-13-18(2)12-19(3)14-23/h5-14H,15-16H2,1-4H3,(H,30,33). The van der Waals surface area contributed by atoms with Crippen LogP contribution in [0.3, 0.4) is 0 Å². The molecule has 5 rings (SSSR count). The summed E-state index contributed by atoms with van der Waals surface area (Å²) in [6.07, 6.45) is 0.668. The summed E-state index contributed by atoms with van der Waals surface area (Å²) >= 11 is 1.42. The maximum Gasteiger partial charge on any atom is 0.234 e. The van der Waals surface area contributed by atoms with Crippen LogP contribution in [0.15, 0.2) is 65.7 Å². The Labute approximate surface area is 210 Å². The van der Waals surface area contributed by atoms with Gasteiger partial charge in [0.2, 0.25) is 11.8 Å². The maximum absolute atomic E-state index is 12.8. The first-order valence-corrected chi connectivity index (χ1v) is 12.6. The molecular formula is C29H27N3O2S. The third kappa shape index (κ3) is 5.08. The summed E-state index contributed by atoms with van der Waals surface area (Å²) in [5.41, 5.74) is 8.23. The molecule has 0 spiro atoms. The van der Waals surface area contributed by atoms with Crippen LogP contribution in [0.1, 0.15) is 33.4 Å². The second kappa shape index (κ2) is 9.55. The highest BCUT2D eigenvalue weighted by molar-refractivity contribution is 8.00. The summed E-state index contributed by atoms with van der Waals surface area (Å²) in [5, 5.41) is 3.79. The minimum absolute atomic E-state index is 0.0720. The highest BCUT2D eigenvalue weighted by atomic mass is 32.2. The van der Waals surface area contributed by atoms with E-state index in [2.05, 4.69) is 24.4 Å². The van der Waals surface area contributed by atoms with Crippen molar-refractivity contribution in [2.24, 2.45) is 0 Å². The lowest BCUT2D eigenvalue weighted by molar-refractivity contribution is -0.113. The number of nitrogens with one attached hydrogen (secondary N) is 1. The first-order chi connectivity index (χ1) is 16.9. The molecule has 35 heavy (non-hydrogen) atoms. The van der Waals surface area contributed by atoms with E-state index < -0.39 is 0 Å². The molecular weight excluding hydrogens is 454 g/mol. The second-order valence-electron chi connectivity index (χ2n) is 9.06. The van der Waals surface area contributed by atoms with Crippen molar-refractivity contribution in [3.05, 3.63) is 94.0 Å². The lowest BCUT2D eigenvalue weighted by atomic mass is 10.0. The fourth-order valence-corrected chi connectivity index (χ4v) is 5.12. The van der Waals surface area contributed by atoms with Crippen molar-refractivity contribution in [2.75, 3.05) is 11.1 Å². The van der Waals surface area contributed by atoms with Gasteiger partial charge < -0.3 is 10.1 Å². The number of nitrogens with zero attached hydrogens (tertiary/aromatic N) is 2. The van der Waals surface area contributed by atoms with Gasteiger partial charge in [-0.2, -0.15) is 4.98 Å². The van der Waals surface area contributed by atoms with E-state index in [0.29, 0.717) is 18.1 Å².